The summed E-state index contributed by atoms with van der Waals surface area (Å²) in [5, 5.41) is 3.36. The molecule has 0 saturated heterocycles. The van der Waals surface area contributed by atoms with Gasteiger partial charge in [0.05, 0.1) is 14.2 Å². The number of guanidine groups is 1. The summed E-state index contributed by atoms with van der Waals surface area (Å²) < 4.78 is 10.6. The van der Waals surface area contributed by atoms with Crippen LogP contribution in [0.4, 0.5) is 0 Å². The molecule has 5 nitrogen and oxygen atoms in total. The smallest absolute Gasteiger partial charge is 0.193 e. The predicted octanol–water partition coefficient (Wildman–Crippen LogP) is 3.13. The van der Waals surface area contributed by atoms with Crippen LogP contribution >= 0.6 is 24.0 Å². The maximum Gasteiger partial charge on any atom is 0.193 e. The van der Waals surface area contributed by atoms with Gasteiger partial charge in [-0.05, 0) is 24.1 Å². The van der Waals surface area contributed by atoms with Crippen LogP contribution in [0, 0.1) is 0 Å². The van der Waals surface area contributed by atoms with E-state index in [1.807, 2.05) is 18.2 Å². The first kappa shape index (κ1) is 20.8. The van der Waals surface area contributed by atoms with Crippen molar-refractivity contribution in [3.8, 4) is 11.5 Å². The Hall–Kier alpha value is -1.18. The van der Waals surface area contributed by atoms with Crippen molar-refractivity contribution in [3.63, 3.8) is 0 Å². The first-order valence-corrected chi connectivity index (χ1v) is 7.28. The molecule has 126 valence electrons. The normalized spacial score (nSPS) is 10.7. The lowest BCUT2D eigenvalue weighted by Gasteiger charge is -2.22. The number of nitrogens with one attached hydrogen (secondary N) is 1. The number of nitrogens with zero attached hydrogens (tertiary/aromatic N) is 2. The van der Waals surface area contributed by atoms with Crippen LogP contribution in [-0.2, 0) is 6.54 Å². The molecular formula is C16H28IN3O2. The Morgan fingerprint density at radius 3 is 2.45 bits per heavy atom. The third-order valence-electron chi connectivity index (χ3n) is 3.32. The van der Waals surface area contributed by atoms with E-state index in [1.54, 1.807) is 21.3 Å². The highest BCUT2D eigenvalue weighted by molar-refractivity contribution is 14.0. The summed E-state index contributed by atoms with van der Waals surface area (Å²) in [6.07, 6.45) is 2.34. The van der Waals surface area contributed by atoms with Gasteiger partial charge in [-0.2, -0.15) is 0 Å². The molecule has 0 spiro atoms. The minimum atomic E-state index is 0. The lowest BCUT2D eigenvalue weighted by atomic mass is 10.2. The summed E-state index contributed by atoms with van der Waals surface area (Å²) in [6.45, 7) is 3.89. The largest absolute Gasteiger partial charge is 0.493 e. The van der Waals surface area contributed by atoms with Crippen molar-refractivity contribution < 1.29 is 9.47 Å². The molecule has 0 aliphatic carbocycles. The van der Waals surface area contributed by atoms with E-state index >= 15 is 0 Å². The minimum absolute atomic E-state index is 0. The topological polar surface area (TPSA) is 46.1 Å². The van der Waals surface area contributed by atoms with Crippen molar-refractivity contribution in [1.82, 2.24) is 10.2 Å². The molecule has 0 aromatic heterocycles. The number of benzene rings is 1. The van der Waals surface area contributed by atoms with E-state index in [2.05, 4.69) is 29.2 Å². The van der Waals surface area contributed by atoms with Crippen molar-refractivity contribution in [1.29, 1.82) is 0 Å². The van der Waals surface area contributed by atoms with E-state index < -0.39 is 0 Å². The lowest BCUT2D eigenvalue weighted by molar-refractivity contribution is 0.354. The summed E-state index contributed by atoms with van der Waals surface area (Å²) in [7, 11) is 7.14. The third kappa shape index (κ3) is 6.29. The Morgan fingerprint density at radius 2 is 1.91 bits per heavy atom. The van der Waals surface area contributed by atoms with Crippen LogP contribution in [0.2, 0.25) is 0 Å². The van der Waals surface area contributed by atoms with Crippen LogP contribution in [0.3, 0.4) is 0 Å². The summed E-state index contributed by atoms with van der Waals surface area (Å²) in [4.78, 5) is 6.45. The molecule has 0 unspecified atom stereocenters. The van der Waals surface area contributed by atoms with Gasteiger partial charge >= 0.3 is 0 Å². The zero-order chi connectivity index (χ0) is 15.7. The van der Waals surface area contributed by atoms with Crippen molar-refractivity contribution in [2.24, 2.45) is 4.99 Å². The second-order valence-electron chi connectivity index (χ2n) is 4.87. The molecule has 0 aliphatic rings. The number of methoxy groups -OCH3 is 2. The number of hydrogen-bond donors (Lipinski definition) is 1. The lowest BCUT2D eigenvalue weighted by Crippen LogP contribution is -2.38. The standard InChI is InChI=1S/C16H27N3O2.HI/c1-6-7-10-19(3)16(17-2)18-12-13-8-9-14(20-4)15(11-13)21-5;/h8-9,11H,6-7,10,12H2,1-5H3,(H,17,18);1H. The number of halogens is 1. The molecule has 1 N–H and O–H groups in total. The number of ether oxygens (including phenoxy) is 2. The molecule has 22 heavy (non-hydrogen) atoms. The molecule has 6 heteroatoms. The second kappa shape index (κ2) is 11.4. The van der Waals surface area contributed by atoms with Crippen molar-refractivity contribution in [3.05, 3.63) is 23.8 Å². The number of unbranched alkanes of at least 4 members (excludes halogenated alkanes) is 1. The minimum Gasteiger partial charge on any atom is -0.493 e. The van der Waals surface area contributed by atoms with E-state index in [-0.39, 0.29) is 24.0 Å². The van der Waals surface area contributed by atoms with Gasteiger partial charge in [-0.1, -0.05) is 19.4 Å². The highest BCUT2D eigenvalue weighted by Gasteiger charge is 2.07. The Kier molecular flexibility index (Phi) is 10.8. The Morgan fingerprint density at radius 1 is 1.23 bits per heavy atom. The Labute approximate surface area is 151 Å². The summed E-state index contributed by atoms with van der Waals surface area (Å²) in [6, 6.07) is 5.91. The molecule has 0 saturated carbocycles. The van der Waals surface area contributed by atoms with Crippen LogP contribution < -0.4 is 14.8 Å². The summed E-state index contributed by atoms with van der Waals surface area (Å²) in [5.74, 6) is 2.38. The van der Waals surface area contributed by atoms with Gasteiger partial charge in [-0.3, -0.25) is 4.99 Å². The molecule has 0 amide bonds. The van der Waals surface area contributed by atoms with E-state index in [9.17, 15) is 0 Å². The fourth-order valence-electron chi connectivity index (χ4n) is 2.06. The van der Waals surface area contributed by atoms with Gasteiger partial charge in [0.2, 0.25) is 0 Å². The van der Waals surface area contributed by atoms with Crippen LogP contribution in [0.15, 0.2) is 23.2 Å². The quantitative estimate of drug-likeness (QED) is 0.418. The third-order valence-corrected chi connectivity index (χ3v) is 3.32. The molecule has 0 heterocycles. The molecular weight excluding hydrogens is 393 g/mol. The highest BCUT2D eigenvalue weighted by Crippen LogP contribution is 2.27. The molecule has 1 aromatic carbocycles. The molecule has 0 bridgehead atoms. The number of aliphatic imine (C=N–C) groups is 1. The van der Waals surface area contributed by atoms with Crippen LogP contribution in [0.5, 0.6) is 11.5 Å². The number of hydrogen-bond acceptors (Lipinski definition) is 3. The average molecular weight is 421 g/mol. The molecule has 1 aromatic rings. The fourth-order valence-corrected chi connectivity index (χ4v) is 2.06. The first-order valence-electron chi connectivity index (χ1n) is 7.28. The van der Waals surface area contributed by atoms with Gasteiger partial charge in [0, 0.05) is 27.2 Å². The van der Waals surface area contributed by atoms with Gasteiger partial charge in [0.25, 0.3) is 0 Å². The van der Waals surface area contributed by atoms with Crippen molar-refractivity contribution in [2.75, 3.05) is 34.9 Å². The molecule has 0 fully saturated rings. The SMILES string of the molecule is CCCCN(C)C(=NC)NCc1ccc(OC)c(OC)c1.I. The maximum atomic E-state index is 5.32. The van der Waals surface area contributed by atoms with Gasteiger partial charge in [-0.15, -0.1) is 24.0 Å². The van der Waals surface area contributed by atoms with Gasteiger partial charge in [0.1, 0.15) is 0 Å². The average Bonchev–Trinajstić information content (AvgIpc) is 2.53. The predicted molar refractivity (Wildman–Crippen MR) is 103 cm³/mol. The Bertz CT molecular complexity index is 467. The van der Waals surface area contributed by atoms with Gasteiger partial charge < -0.3 is 19.7 Å². The van der Waals surface area contributed by atoms with Crippen LogP contribution in [0.1, 0.15) is 25.3 Å². The van der Waals surface area contributed by atoms with E-state index in [0.29, 0.717) is 6.54 Å². The maximum absolute atomic E-state index is 5.32. The zero-order valence-electron chi connectivity index (χ0n) is 14.2. The van der Waals surface area contributed by atoms with E-state index in [4.69, 9.17) is 9.47 Å². The number of rotatable bonds is 7. The van der Waals surface area contributed by atoms with Crippen LogP contribution in [-0.4, -0.2) is 45.7 Å². The zero-order valence-corrected chi connectivity index (χ0v) is 16.5. The summed E-state index contributed by atoms with van der Waals surface area (Å²) >= 11 is 0. The van der Waals surface area contributed by atoms with Crippen molar-refractivity contribution in [2.45, 2.75) is 26.3 Å². The van der Waals surface area contributed by atoms with E-state index in [1.165, 1.54) is 6.42 Å². The highest BCUT2D eigenvalue weighted by atomic mass is 127. The monoisotopic (exact) mass is 421 g/mol. The second-order valence-corrected chi connectivity index (χ2v) is 4.87. The summed E-state index contributed by atoms with van der Waals surface area (Å²) in [5.41, 5.74) is 1.12. The fraction of sp³-hybridized carbons (Fsp3) is 0.562. The Balaban J connectivity index is 0.00000441. The van der Waals surface area contributed by atoms with Gasteiger partial charge in [0.15, 0.2) is 17.5 Å². The molecule has 1 rings (SSSR count). The molecule has 0 atom stereocenters. The van der Waals surface area contributed by atoms with E-state index in [0.717, 1.165) is 36.0 Å². The first-order chi connectivity index (χ1) is 10.2. The molecule has 0 radical (unpaired) electrons. The van der Waals surface area contributed by atoms with Crippen molar-refractivity contribution >= 4 is 29.9 Å². The van der Waals surface area contributed by atoms with Crippen LogP contribution in [0.25, 0.3) is 0 Å². The van der Waals surface area contributed by atoms with Gasteiger partial charge in [-0.25, -0.2) is 0 Å². The molecule has 0 aliphatic heterocycles.